The smallest absolute Gasteiger partial charge is 0.317 e. The fourth-order valence-corrected chi connectivity index (χ4v) is 2.53. The Morgan fingerprint density at radius 3 is 2.76 bits per heavy atom. The highest BCUT2D eigenvalue weighted by atomic mass is 16.5. The molecule has 0 aromatic rings. The van der Waals surface area contributed by atoms with Gasteiger partial charge in [0.1, 0.15) is 0 Å². The molecule has 2 atom stereocenters. The van der Waals surface area contributed by atoms with Gasteiger partial charge in [-0.15, -0.1) is 0 Å². The number of ether oxygens (including phenoxy) is 1. The van der Waals surface area contributed by atoms with Crippen LogP contribution < -0.4 is 5.32 Å². The number of carboxylic acids is 1. The Hall–Kier alpha value is -1.30. The van der Waals surface area contributed by atoms with E-state index >= 15 is 0 Å². The van der Waals surface area contributed by atoms with Gasteiger partial charge in [-0.2, -0.15) is 0 Å². The van der Waals surface area contributed by atoms with Crippen LogP contribution in [0.3, 0.4) is 0 Å². The molecule has 1 heterocycles. The van der Waals surface area contributed by atoms with Crippen molar-refractivity contribution in [3.63, 3.8) is 0 Å². The maximum atomic E-state index is 12.1. The fourth-order valence-electron chi connectivity index (χ4n) is 2.53. The summed E-state index contributed by atoms with van der Waals surface area (Å²) >= 11 is 0. The van der Waals surface area contributed by atoms with Gasteiger partial charge in [-0.1, -0.05) is 20.3 Å². The van der Waals surface area contributed by atoms with Crippen LogP contribution in [0, 0.1) is 5.92 Å². The van der Waals surface area contributed by atoms with Gasteiger partial charge in [-0.25, -0.2) is 4.79 Å². The molecule has 21 heavy (non-hydrogen) atoms. The minimum Gasteiger partial charge on any atom is -0.481 e. The number of nitrogens with one attached hydrogen (secondary N) is 1. The molecule has 0 bridgehead atoms. The van der Waals surface area contributed by atoms with E-state index in [0.29, 0.717) is 19.5 Å². The van der Waals surface area contributed by atoms with E-state index in [1.165, 1.54) is 0 Å². The van der Waals surface area contributed by atoms with Crippen molar-refractivity contribution >= 4 is 12.0 Å². The number of piperidine rings is 1. The average Bonchev–Trinajstić information content (AvgIpc) is 2.49. The lowest BCUT2D eigenvalue weighted by atomic mass is 10.0. The summed E-state index contributed by atoms with van der Waals surface area (Å²) in [5, 5.41) is 11.8. The standard InChI is InChI=1S/C15H28N2O4/c1-3-6-12(14(18)19)10-16-15(20)17-8-5-7-13(11-17)21-9-4-2/h12-13H,3-11H2,1-2H3,(H,16,20)(H,18,19). The van der Waals surface area contributed by atoms with Gasteiger partial charge < -0.3 is 20.1 Å². The molecule has 1 aliphatic heterocycles. The summed E-state index contributed by atoms with van der Waals surface area (Å²) in [5.74, 6) is -1.35. The molecule has 122 valence electrons. The van der Waals surface area contributed by atoms with Crippen molar-refractivity contribution in [1.82, 2.24) is 10.2 Å². The third-order valence-electron chi connectivity index (χ3n) is 3.71. The summed E-state index contributed by atoms with van der Waals surface area (Å²) < 4.78 is 5.70. The Labute approximate surface area is 126 Å². The number of amides is 2. The zero-order valence-electron chi connectivity index (χ0n) is 13.1. The summed E-state index contributed by atoms with van der Waals surface area (Å²) in [6, 6.07) is -0.179. The lowest BCUT2D eigenvalue weighted by Crippen LogP contribution is -2.49. The Kier molecular flexibility index (Phi) is 8.12. The molecule has 2 N–H and O–H groups in total. The molecule has 2 amide bonds. The van der Waals surface area contributed by atoms with Gasteiger partial charge in [-0.3, -0.25) is 4.79 Å². The van der Waals surface area contributed by atoms with E-state index in [1.54, 1.807) is 4.90 Å². The first kappa shape index (κ1) is 17.8. The monoisotopic (exact) mass is 300 g/mol. The number of rotatable bonds is 8. The van der Waals surface area contributed by atoms with E-state index in [2.05, 4.69) is 12.2 Å². The third kappa shape index (κ3) is 6.33. The summed E-state index contributed by atoms with van der Waals surface area (Å²) in [7, 11) is 0. The molecular weight excluding hydrogens is 272 g/mol. The van der Waals surface area contributed by atoms with Gasteiger partial charge in [-0.05, 0) is 25.7 Å². The molecule has 0 aliphatic carbocycles. The van der Waals surface area contributed by atoms with Crippen molar-refractivity contribution in [2.75, 3.05) is 26.2 Å². The zero-order chi connectivity index (χ0) is 15.7. The van der Waals surface area contributed by atoms with Crippen molar-refractivity contribution < 1.29 is 19.4 Å². The Morgan fingerprint density at radius 2 is 2.14 bits per heavy atom. The number of aliphatic carboxylic acids is 1. The summed E-state index contributed by atoms with van der Waals surface area (Å²) in [5.41, 5.74) is 0. The first-order valence-corrected chi connectivity index (χ1v) is 7.95. The second-order valence-electron chi connectivity index (χ2n) is 5.59. The Balaban J connectivity index is 2.38. The summed E-state index contributed by atoms with van der Waals surface area (Å²) in [6.07, 6.45) is 4.37. The van der Waals surface area contributed by atoms with E-state index < -0.39 is 11.9 Å². The van der Waals surface area contributed by atoms with Crippen LogP contribution in [0.5, 0.6) is 0 Å². The minimum absolute atomic E-state index is 0.107. The highest BCUT2D eigenvalue weighted by molar-refractivity contribution is 5.76. The number of carboxylic acid groups (broad SMARTS) is 1. The lowest BCUT2D eigenvalue weighted by molar-refractivity contribution is -0.141. The molecule has 6 heteroatoms. The molecule has 0 aromatic carbocycles. The molecular formula is C15H28N2O4. The molecule has 1 rings (SSSR count). The van der Waals surface area contributed by atoms with E-state index in [0.717, 1.165) is 32.3 Å². The zero-order valence-corrected chi connectivity index (χ0v) is 13.1. The topological polar surface area (TPSA) is 78.9 Å². The predicted molar refractivity (Wildman–Crippen MR) is 80.3 cm³/mol. The number of hydrogen-bond donors (Lipinski definition) is 2. The largest absolute Gasteiger partial charge is 0.481 e. The average molecular weight is 300 g/mol. The highest BCUT2D eigenvalue weighted by Gasteiger charge is 2.25. The summed E-state index contributed by atoms with van der Waals surface area (Å²) in [6.45, 7) is 6.22. The molecule has 6 nitrogen and oxygen atoms in total. The van der Waals surface area contributed by atoms with Crippen molar-refractivity contribution in [2.24, 2.45) is 5.92 Å². The van der Waals surface area contributed by atoms with Crippen molar-refractivity contribution in [3.8, 4) is 0 Å². The quantitative estimate of drug-likeness (QED) is 0.719. The molecule has 0 saturated carbocycles. The number of urea groups is 1. The third-order valence-corrected chi connectivity index (χ3v) is 3.71. The van der Waals surface area contributed by atoms with E-state index in [-0.39, 0.29) is 18.7 Å². The van der Waals surface area contributed by atoms with Gasteiger partial charge in [0.05, 0.1) is 12.0 Å². The lowest BCUT2D eigenvalue weighted by Gasteiger charge is -2.33. The molecule has 0 aromatic heterocycles. The minimum atomic E-state index is -0.847. The van der Waals surface area contributed by atoms with Crippen LogP contribution in [-0.4, -0.2) is 54.4 Å². The van der Waals surface area contributed by atoms with Gasteiger partial charge in [0.2, 0.25) is 0 Å². The molecule has 1 aliphatic rings. The Morgan fingerprint density at radius 1 is 1.38 bits per heavy atom. The Bertz CT molecular complexity index is 336. The fraction of sp³-hybridized carbons (Fsp3) is 0.867. The van der Waals surface area contributed by atoms with Crippen LogP contribution in [0.25, 0.3) is 0 Å². The number of carbonyl (C=O) groups excluding carboxylic acids is 1. The van der Waals surface area contributed by atoms with Crippen LogP contribution in [0.15, 0.2) is 0 Å². The van der Waals surface area contributed by atoms with E-state index in [4.69, 9.17) is 9.84 Å². The maximum absolute atomic E-state index is 12.1. The molecule has 0 spiro atoms. The number of likely N-dealkylation sites (tertiary alicyclic amines) is 1. The van der Waals surface area contributed by atoms with E-state index in [1.807, 2.05) is 6.92 Å². The van der Waals surface area contributed by atoms with Crippen LogP contribution >= 0.6 is 0 Å². The highest BCUT2D eigenvalue weighted by Crippen LogP contribution is 2.14. The van der Waals surface area contributed by atoms with Crippen LogP contribution in [0.4, 0.5) is 4.79 Å². The van der Waals surface area contributed by atoms with Gasteiger partial charge in [0.25, 0.3) is 0 Å². The van der Waals surface area contributed by atoms with Gasteiger partial charge in [0.15, 0.2) is 0 Å². The second-order valence-corrected chi connectivity index (χ2v) is 5.59. The SMILES string of the molecule is CCCOC1CCCN(C(=O)NCC(CCC)C(=O)O)C1. The van der Waals surface area contributed by atoms with Gasteiger partial charge >= 0.3 is 12.0 Å². The second kappa shape index (κ2) is 9.60. The van der Waals surface area contributed by atoms with Crippen molar-refractivity contribution in [3.05, 3.63) is 0 Å². The van der Waals surface area contributed by atoms with Crippen LogP contribution in [0.1, 0.15) is 46.0 Å². The van der Waals surface area contributed by atoms with E-state index in [9.17, 15) is 9.59 Å². The van der Waals surface area contributed by atoms with Crippen molar-refractivity contribution in [2.45, 2.75) is 52.1 Å². The first-order valence-electron chi connectivity index (χ1n) is 7.95. The number of nitrogens with zero attached hydrogens (tertiary/aromatic N) is 1. The molecule has 1 saturated heterocycles. The van der Waals surface area contributed by atoms with Crippen molar-refractivity contribution in [1.29, 1.82) is 0 Å². The predicted octanol–water partition coefficient (Wildman–Crippen LogP) is 2.09. The summed E-state index contributed by atoms with van der Waals surface area (Å²) in [4.78, 5) is 24.9. The number of carbonyl (C=O) groups is 2. The number of hydrogen-bond acceptors (Lipinski definition) is 3. The first-order chi connectivity index (χ1) is 10.1. The normalized spacial score (nSPS) is 20.1. The van der Waals surface area contributed by atoms with Gasteiger partial charge in [0, 0.05) is 26.2 Å². The van der Waals surface area contributed by atoms with Crippen LogP contribution in [0.2, 0.25) is 0 Å². The molecule has 2 unspecified atom stereocenters. The molecule has 0 radical (unpaired) electrons. The molecule has 1 fully saturated rings. The van der Waals surface area contributed by atoms with Crippen LogP contribution in [-0.2, 0) is 9.53 Å². The maximum Gasteiger partial charge on any atom is 0.317 e.